The minimum atomic E-state index is -0.300. The summed E-state index contributed by atoms with van der Waals surface area (Å²) in [6, 6.07) is 14.1. The fraction of sp³-hybridized carbons (Fsp3) is 0.0526. The molecule has 0 radical (unpaired) electrons. The molecule has 0 atom stereocenters. The van der Waals surface area contributed by atoms with E-state index in [9.17, 15) is 9.59 Å². The van der Waals surface area contributed by atoms with Crippen LogP contribution in [0.1, 0.15) is 26.4 Å². The van der Waals surface area contributed by atoms with Crippen LogP contribution in [0, 0.1) is 12.3 Å². The zero-order valence-electron chi connectivity index (χ0n) is 12.6. The van der Waals surface area contributed by atoms with Crippen molar-refractivity contribution in [2.24, 2.45) is 0 Å². The van der Waals surface area contributed by atoms with Crippen molar-refractivity contribution in [3.63, 3.8) is 0 Å². The predicted octanol–water partition coefficient (Wildman–Crippen LogP) is 3.30. The lowest BCUT2D eigenvalue weighted by atomic mass is 10.1. The molecular formula is C19H13BrN2O2. The zero-order chi connectivity index (χ0) is 17.1. The molecule has 118 valence electrons. The van der Waals surface area contributed by atoms with Gasteiger partial charge in [-0.1, -0.05) is 27.9 Å². The number of ketones is 1. The van der Waals surface area contributed by atoms with E-state index in [1.54, 1.807) is 34.9 Å². The fourth-order valence-electron chi connectivity index (χ4n) is 2.49. The molecule has 3 aromatic rings. The van der Waals surface area contributed by atoms with Crippen LogP contribution in [0.2, 0.25) is 0 Å². The molecule has 2 aromatic heterocycles. The molecule has 24 heavy (non-hydrogen) atoms. The topological polar surface area (TPSA) is 50.6 Å². The number of rotatable bonds is 4. The lowest BCUT2D eigenvalue weighted by Crippen LogP contribution is -2.23. The van der Waals surface area contributed by atoms with Crippen LogP contribution in [-0.2, 0) is 0 Å². The quantitative estimate of drug-likeness (QED) is 0.557. The molecule has 0 aliphatic carbocycles. The number of carbonyl (C=O) groups excluding carboxylic acids is 2. The number of benzene rings is 1. The Hall–Kier alpha value is -2.84. The molecule has 1 amide bonds. The summed E-state index contributed by atoms with van der Waals surface area (Å²) in [4.78, 5) is 25.1. The Balaban J connectivity index is 2.08. The maximum atomic E-state index is 12.8. The number of fused-ring (bicyclic) bond motifs is 1. The van der Waals surface area contributed by atoms with Gasteiger partial charge in [-0.2, -0.15) is 0 Å². The van der Waals surface area contributed by atoms with E-state index in [0.29, 0.717) is 22.3 Å². The minimum Gasteiger partial charge on any atom is -0.341 e. The van der Waals surface area contributed by atoms with Gasteiger partial charge < -0.3 is 9.72 Å². The predicted molar refractivity (Wildman–Crippen MR) is 96.1 cm³/mol. The summed E-state index contributed by atoms with van der Waals surface area (Å²) in [7, 11) is 0. The van der Waals surface area contributed by atoms with Crippen molar-refractivity contribution < 1.29 is 9.59 Å². The summed E-state index contributed by atoms with van der Waals surface area (Å²) < 4.78 is 2.61. The third-order valence-electron chi connectivity index (χ3n) is 3.61. The average molecular weight is 381 g/mol. The second-order valence-corrected chi connectivity index (χ2v) is 6.04. The van der Waals surface area contributed by atoms with Crippen LogP contribution < -0.4 is 5.32 Å². The number of hydrogen-bond acceptors (Lipinski definition) is 2. The van der Waals surface area contributed by atoms with E-state index < -0.39 is 0 Å². The van der Waals surface area contributed by atoms with Crippen molar-refractivity contribution >= 4 is 33.1 Å². The van der Waals surface area contributed by atoms with Crippen LogP contribution in [0.3, 0.4) is 0 Å². The standard InChI is InChI=1S/C19H13BrN2O2/c1-2-10-21-19(24)15-12-17(22-11-4-3-5-16(15)22)18(23)13-6-8-14(20)9-7-13/h1,3-9,11-12H,10H2,(H,21,24). The summed E-state index contributed by atoms with van der Waals surface area (Å²) in [5.41, 5.74) is 2.06. The van der Waals surface area contributed by atoms with Crippen LogP contribution in [0.15, 0.2) is 59.2 Å². The molecule has 0 unspecified atom stereocenters. The Labute approximate surface area is 147 Å². The number of nitrogens with zero attached hydrogens (tertiary/aromatic N) is 1. The van der Waals surface area contributed by atoms with E-state index in [1.165, 1.54) is 0 Å². The molecule has 1 N–H and O–H groups in total. The molecule has 0 bridgehead atoms. The molecule has 0 fully saturated rings. The van der Waals surface area contributed by atoms with Crippen molar-refractivity contribution in [1.82, 2.24) is 9.72 Å². The highest BCUT2D eigenvalue weighted by atomic mass is 79.9. The highest BCUT2D eigenvalue weighted by molar-refractivity contribution is 9.10. The highest BCUT2D eigenvalue weighted by Gasteiger charge is 2.20. The van der Waals surface area contributed by atoms with E-state index in [-0.39, 0.29) is 18.2 Å². The van der Waals surface area contributed by atoms with Gasteiger partial charge in [-0.25, -0.2) is 0 Å². The molecule has 5 heteroatoms. The van der Waals surface area contributed by atoms with E-state index in [4.69, 9.17) is 6.42 Å². The second kappa shape index (κ2) is 6.73. The molecule has 2 heterocycles. The van der Waals surface area contributed by atoms with E-state index in [0.717, 1.165) is 4.47 Å². The van der Waals surface area contributed by atoms with E-state index in [1.807, 2.05) is 24.3 Å². The first-order valence-electron chi connectivity index (χ1n) is 7.24. The number of halogens is 1. The first-order chi connectivity index (χ1) is 11.6. The van der Waals surface area contributed by atoms with Crippen molar-refractivity contribution in [2.45, 2.75) is 0 Å². The molecule has 1 aromatic carbocycles. The van der Waals surface area contributed by atoms with Gasteiger partial charge >= 0.3 is 0 Å². The van der Waals surface area contributed by atoms with Crippen LogP contribution in [0.4, 0.5) is 0 Å². The van der Waals surface area contributed by atoms with Crippen molar-refractivity contribution in [1.29, 1.82) is 0 Å². The third-order valence-corrected chi connectivity index (χ3v) is 4.14. The summed E-state index contributed by atoms with van der Waals surface area (Å²) in [5.74, 6) is 1.91. The number of carbonyl (C=O) groups is 2. The van der Waals surface area contributed by atoms with Gasteiger partial charge in [0.05, 0.1) is 23.3 Å². The second-order valence-electron chi connectivity index (χ2n) is 5.12. The molecule has 0 aliphatic heterocycles. The number of nitrogens with one attached hydrogen (secondary N) is 1. The van der Waals surface area contributed by atoms with Gasteiger partial charge in [0.25, 0.3) is 5.91 Å². The summed E-state index contributed by atoms with van der Waals surface area (Å²) in [6.45, 7) is 0.138. The number of aromatic nitrogens is 1. The van der Waals surface area contributed by atoms with Gasteiger partial charge in [0, 0.05) is 16.2 Å². The monoisotopic (exact) mass is 380 g/mol. The first kappa shape index (κ1) is 16.0. The number of terminal acetylenes is 1. The van der Waals surface area contributed by atoms with Crippen LogP contribution in [0.25, 0.3) is 5.52 Å². The van der Waals surface area contributed by atoms with Crippen LogP contribution >= 0.6 is 15.9 Å². The smallest absolute Gasteiger partial charge is 0.254 e. The van der Waals surface area contributed by atoms with Gasteiger partial charge in [0.1, 0.15) is 0 Å². The molecule has 4 nitrogen and oxygen atoms in total. The van der Waals surface area contributed by atoms with E-state index >= 15 is 0 Å². The maximum absolute atomic E-state index is 12.8. The summed E-state index contributed by atoms with van der Waals surface area (Å²) >= 11 is 3.35. The average Bonchev–Trinajstić information content (AvgIpc) is 2.99. The van der Waals surface area contributed by atoms with E-state index in [2.05, 4.69) is 27.2 Å². The lowest BCUT2D eigenvalue weighted by Gasteiger charge is -2.02. The van der Waals surface area contributed by atoms with Crippen LogP contribution in [0.5, 0.6) is 0 Å². The van der Waals surface area contributed by atoms with Crippen LogP contribution in [-0.4, -0.2) is 22.6 Å². The largest absolute Gasteiger partial charge is 0.341 e. The third kappa shape index (κ3) is 2.97. The molecule has 0 spiro atoms. The normalized spacial score (nSPS) is 10.3. The maximum Gasteiger partial charge on any atom is 0.254 e. The molecule has 3 rings (SSSR count). The fourth-order valence-corrected chi connectivity index (χ4v) is 2.75. The van der Waals surface area contributed by atoms with Gasteiger partial charge in [-0.05, 0) is 42.5 Å². The van der Waals surface area contributed by atoms with Gasteiger partial charge in [-0.3, -0.25) is 9.59 Å². The van der Waals surface area contributed by atoms with Crippen molar-refractivity contribution in [3.05, 3.63) is 76.0 Å². The Morgan fingerprint density at radius 1 is 1.17 bits per heavy atom. The Bertz CT molecular complexity index is 965. The van der Waals surface area contributed by atoms with Gasteiger partial charge in [0.2, 0.25) is 5.78 Å². The summed E-state index contributed by atoms with van der Waals surface area (Å²) in [5, 5.41) is 2.63. The Morgan fingerprint density at radius 2 is 1.92 bits per heavy atom. The Kier molecular flexibility index (Phi) is 4.50. The number of amides is 1. The molecule has 0 saturated heterocycles. The van der Waals surface area contributed by atoms with Gasteiger partial charge in [-0.15, -0.1) is 6.42 Å². The van der Waals surface area contributed by atoms with Crippen molar-refractivity contribution in [3.8, 4) is 12.3 Å². The minimum absolute atomic E-state index is 0.138. The lowest BCUT2D eigenvalue weighted by molar-refractivity contribution is 0.0960. The first-order valence-corrected chi connectivity index (χ1v) is 8.03. The zero-order valence-corrected chi connectivity index (χ0v) is 14.2. The summed E-state index contributed by atoms with van der Waals surface area (Å²) in [6.07, 6.45) is 6.94. The number of pyridine rings is 1. The highest BCUT2D eigenvalue weighted by Crippen LogP contribution is 2.21. The Morgan fingerprint density at radius 3 is 2.62 bits per heavy atom. The number of hydrogen-bond donors (Lipinski definition) is 1. The molecule has 0 saturated carbocycles. The SMILES string of the molecule is C#CCNC(=O)c1cc(C(=O)c2ccc(Br)cc2)n2ccccc12. The molecular weight excluding hydrogens is 368 g/mol. The molecule has 0 aliphatic rings. The van der Waals surface area contributed by atoms with Gasteiger partial charge in [0.15, 0.2) is 0 Å². The van der Waals surface area contributed by atoms with Crippen molar-refractivity contribution in [2.75, 3.05) is 6.54 Å².